The normalized spacial score (nSPS) is 11.3. The quantitative estimate of drug-likeness (QED) is 0.654. The van der Waals surface area contributed by atoms with Gasteiger partial charge in [-0.25, -0.2) is 0 Å². The molecule has 0 saturated carbocycles. The Morgan fingerprint density at radius 2 is 1.71 bits per heavy atom. The standard InChI is InChI=1S/C13H20S/c1-10(2)9-14-13-8-6-5-7-12(13)11(3)4/h5-8,10-11H,9H2,1-4H3. The van der Waals surface area contributed by atoms with E-state index in [4.69, 9.17) is 0 Å². The largest absolute Gasteiger partial charge is 0.126 e. The number of thioether (sulfide) groups is 1. The Morgan fingerprint density at radius 3 is 2.29 bits per heavy atom. The lowest BCUT2D eigenvalue weighted by Crippen LogP contribution is -1.94. The van der Waals surface area contributed by atoms with E-state index in [1.807, 2.05) is 11.8 Å². The van der Waals surface area contributed by atoms with E-state index in [2.05, 4.69) is 52.0 Å². The van der Waals surface area contributed by atoms with Gasteiger partial charge in [0.05, 0.1) is 0 Å². The molecule has 0 aliphatic rings. The maximum atomic E-state index is 2.27. The van der Waals surface area contributed by atoms with E-state index < -0.39 is 0 Å². The fourth-order valence-electron chi connectivity index (χ4n) is 1.35. The van der Waals surface area contributed by atoms with Gasteiger partial charge in [-0.3, -0.25) is 0 Å². The van der Waals surface area contributed by atoms with E-state index in [1.54, 1.807) is 0 Å². The van der Waals surface area contributed by atoms with Crippen LogP contribution in [0.5, 0.6) is 0 Å². The van der Waals surface area contributed by atoms with Crippen LogP contribution in [-0.4, -0.2) is 5.75 Å². The van der Waals surface area contributed by atoms with Crippen LogP contribution in [0.2, 0.25) is 0 Å². The molecule has 0 atom stereocenters. The third kappa shape index (κ3) is 3.38. The zero-order chi connectivity index (χ0) is 10.6. The molecule has 1 heteroatoms. The van der Waals surface area contributed by atoms with Gasteiger partial charge in [0.2, 0.25) is 0 Å². The van der Waals surface area contributed by atoms with Crippen molar-refractivity contribution in [2.24, 2.45) is 5.92 Å². The smallest absolute Gasteiger partial charge is 0.0107 e. The molecule has 0 bridgehead atoms. The predicted octanol–water partition coefficient (Wildman–Crippen LogP) is 4.56. The third-order valence-electron chi connectivity index (χ3n) is 2.11. The highest BCUT2D eigenvalue weighted by atomic mass is 32.2. The van der Waals surface area contributed by atoms with Gasteiger partial charge < -0.3 is 0 Å². The summed E-state index contributed by atoms with van der Waals surface area (Å²) < 4.78 is 0. The van der Waals surface area contributed by atoms with Gasteiger partial charge >= 0.3 is 0 Å². The minimum atomic E-state index is 0.630. The van der Waals surface area contributed by atoms with Gasteiger partial charge in [0.15, 0.2) is 0 Å². The van der Waals surface area contributed by atoms with Crippen LogP contribution in [0, 0.1) is 5.92 Å². The monoisotopic (exact) mass is 208 g/mol. The lowest BCUT2D eigenvalue weighted by atomic mass is 10.0. The Morgan fingerprint density at radius 1 is 1.07 bits per heavy atom. The molecule has 0 heterocycles. The molecule has 1 rings (SSSR count). The summed E-state index contributed by atoms with van der Waals surface area (Å²) in [6.45, 7) is 9.06. The number of hydrogen-bond donors (Lipinski definition) is 0. The fraction of sp³-hybridized carbons (Fsp3) is 0.538. The Hall–Kier alpha value is -0.430. The minimum Gasteiger partial charge on any atom is -0.126 e. The van der Waals surface area contributed by atoms with Crippen molar-refractivity contribution in [3.8, 4) is 0 Å². The lowest BCUT2D eigenvalue weighted by Gasteiger charge is -2.12. The van der Waals surface area contributed by atoms with E-state index in [1.165, 1.54) is 16.2 Å². The van der Waals surface area contributed by atoms with Crippen LogP contribution in [0.15, 0.2) is 29.2 Å². The molecule has 0 nitrogen and oxygen atoms in total. The van der Waals surface area contributed by atoms with E-state index in [-0.39, 0.29) is 0 Å². The summed E-state index contributed by atoms with van der Waals surface area (Å²) in [5, 5.41) is 0. The Kier molecular flexibility index (Phi) is 4.53. The van der Waals surface area contributed by atoms with Crippen molar-refractivity contribution >= 4 is 11.8 Å². The number of rotatable bonds is 4. The van der Waals surface area contributed by atoms with Gasteiger partial charge in [-0.05, 0) is 23.5 Å². The second-order valence-corrected chi connectivity index (χ2v) is 5.46. The minimum absolute atomic E-state index is 0.630. The van der Waals surface area contributed by atoms with Crippen molar-refractivity contribution in [2.45, 2.75) is 38.5 Å². The van der Waals surface area contributed by atoms with Crippen molar-refractivity contribution in [1.29, 1.82) is 0 Å². The maximum absolute atomic E-state index is 2.27. The summed E-state index contributed by atoms with van der Waals surface area (Å²) in [4.78, 5) is 1.45. The molecule has 0 unspecified atom stereocenters. The second kappa shape index (κ2) is 5.45. The molecule has 1 aromatic carbocycles. The highest BCUT2D eigenvalue weighted by molar-refractivity contribution is 7.99. The average Bonchev–Trinajstić information content (AvgIpc) is 2.15. The molecule has 0 radical (unpaired) electrons. The first kappa shape index (κ1) is 11.6. The SMILES string of the molecule is CC(C)CSc1ccccc1C(C)C. The van der Waals surface area contributed by atoms with E-state index >= 15 is 0 Å². The summed E-state index contributed by atoms with van der Waals surface area (Å²) >= 11 is 1.98. The van der Waals surface area contributed by atoms with Crippen molar-refractivity contribution < 1.29 is 0 Å². The van der Waals surface area contributed by atoms with Crippen LogP contribution in [0.3, 0.4) is 0 Å². The highest BCUT2D eigenvalue weighted by Gasteiger charge is 2.06. The molecular formula is C13H20S. The summed E-state index contributed by atoms with van der Waals surface area (Å²) in [5.41, 5.74) is 1.48. The molecule has 0 saturated heterocycles. The number of hydrogen-bond acceptors (Lipinski definition) is 1. The summed E-state index contributed by atoms with van der Waals surface area (Å²) in [5.74, 6) is 2.61. The first-order chi connectivity index (χ1) is 6.61. The van der Waals surface area contributed by atoms with Crippen LogP contribution in [0.4, 0.5) is 0 Å². The van der Waals surface area contributed by atoms with Crippen molar-refractivity contribution in [3.05, 3.63) is 29.8 Å². The Bertz CT molecular complexity index is 276. The fourth-order valence-corrected chi connectivity index (χ4v) is 2.50. The molecule has 1 aromatic rings. The molecular weight excluding hydrogens is 188 g/mol. The van der Waals surface area contributed by atoms with Gasteiger partial charge in [0.25, 0.3) is 0 Å². The zero-order valence-corrected chi connectivity index (χ0v) is 10.4. The van der Waals surface area contributed by atoms with E-state index in [0.717, 1.165) is 5.92 Å². The summed E-state index contributed by atoms with van der Waals surface area (Å²) in [7, 11) is 0. The topological polar surface area (TPSA) is 0 Å². The molecule has 0 fully saturated rings. The van der Waals surface area contributed by atoms with Gasteiger partial charge in [-0.1, -0.05) is 45.9 Å². The molecule has 0 aromatic heterocycles. The molecule has 0 spiro atoms. The van der Waals surface area contributed by atoms with E-state index in [0.29, 0.717) is 5.92 Å². The molecule has 78 valence electrons. The van der Waals surface area contributed by atoms with Gasteiger partial charge in [0, 0.05) is 10.6 Å². The second-order valence-electron chi connectivity index (χ2n) is 4.40. The van der Waals surface area contributed by atoms with Gasteiger partial charge in [-0.15, -0.1) is 11.8 Å². The first-order valence-electron chi connectivity index (χ1n) is 5.33. The third-order valence-corrected chi connectivity index (χ3v) is 3.63. The van der Waals surface area contributed by atoms with Crippen LogP contribution >= 0.6 is 11.8 Å². The van der Waals surface area contributed by atoms with Crippen LogP contribution < -0.4 is 0 Å². The van der Waals surface area contributed by atoms with Crippen LogP contribution in [-0.2, 0) is 0 Å². The van der Waals surface area contributed by atoms with Crippen LogP contribution in [0.1, 0.15) is 39.2 Å². The average molecular weight is 208 g/mol. The van der Waals surface area contributed by atoms with Crippen molar-refractivity contribution in [3.63, 3.8) is 0 Å². The molecule has 14 heavy (non-hydrogen) atoms. The molecule has 0 aliphatic carbocycles. The van der Waals surface area contributed by atoms with E-state index in [9.17, 15) is 0 Å². The Labute approximate surface area is 92.1 Å². The highest BCUT2D eigenvalue weighted by Crippen LogP contribution is 2.29. The molecule has 0 aliphatic heterocycles. The first-order valence-corrected chi connectivity index (χ1v) is 6.31. The molecule has 0 amide bonds. The zero-order valence-electron chi connectivity index (χ0n) is 9.58. The van der Waals surface area contributed by atoms with Crippen molar-refractivity contribution in [2.75, 3.05) is 5.75 Å². The van der Waals surface area contributed by atoms with Gasteiger partial charge in [-0.2, -0.15) is 0 Å². The number of benzene rings is 1. The predicted molar refractivity (Wildman–Crippen MR) is 66.1 cm³/mol. The summed E-state index contributed by atoms with van der Waals surface area (Å²) in [6.07, 6.45) is 0. The van der Waals surface area contributed by atoms with Crippen LogP contribution in [0.25, 0.3) is 0 Å². The van der Waals surface area contributed by atoms with Crippen molar-refractivity contribution in [1.82, 2.24) is 0 Å². The lowest BCUT2D eigenvalue weighted by molar-refractivity contribution is 0.749. The van der Waals surface area contributed by atoms with Gasteiger partial charge in [0.1, 0.15) is 0 Å². The molecule has 0 N–H and O–H groups in total. The summed E-state index contributed by atoms with van der Waals surface area (Å²) in [6, 6.07) is 8.75. The Balaban J connectivity index is 2.74. The maximum Gasteiger partial charge on any atom is 0.0107 e.